The molecule has 2 heteroatoms. The minimum atomic E-state index is 0.237. The molecule has 15 heavy (non-hydrogen) atoms. The lowest BCUT2D eigenvalue weighted by atomic mass is 9.78. The summed E-state index contributed by atoms with van der Waals surface area (Å²) in [6, 6.07) is 1.13. The predicted octanol–water partition coefficient (Wildman–Crippen LogP) is 2.47. The lowest BCUT2D eigenvalue weighted by Gasteiger charge is -2.46. The van der Waals surface area contributed by atoms with Crippen molar-refractivity contribution in [2.45, 2.75) is 58.5 Å². The van der Waals surface area contributed by atoms with Gasteiger partial charge in [0.05, 0.1) is 0 Å². The highest BCUT2D eigenvalue weighted by Crippen LogP contribution is 2.35. The molecule has 1 aliphatic carbocycles. The Morgan fingerprint density at radius 1 is 1.33 bits per heavy atom. The Morgan fingerprint density at radius 2 is 2.00 bits per heavy atom. The predicted molar refractivity (Wildman–Crippen MR) is 61.8 cm³/mol. The first-order chi connectivity index (χ1) is 7.11. The fourth-order valence-electron chi connectivity index (χ4n) is 2.99. The number of carbonyl (C=O) groups excluding carboxylic acids is 1. The number of piperidine rings is 1. The van der Waals surface area contributed by atoms with E-state index < -0.39 is 0 Å². The molecule has 1 aliphatic heterocycles. The van der Waals surface area contributed by atoms with Gasteiger partial charge in [0.2, 0.25) is 0 Å². The zero-order chi connectivity index (χ0) is 11.0. The van der Waals surface area contributed by atoms with E-state index in [1.54, 1.807) is 0 Å². The fourth-order valence-corrected chi connectivity index (χ4v) is 2.99. The third-order valence-corrected chi connectivity index (χ3v) is 4.73. The molecule has 0 amide bonds. The van der Waals surface area contributed by atoms with Gasteiger partial charge in [-0.3, -0.25) is 9.69 Å². The molecule has 0 bridgehead atoms. The van der Waals surface area contributed by atoms with Crippen molar-refractivity contribution in [2.75, 3.05) is 6.54 Å². The van der Waals surface area contributed by atoms with E-state index in [1.807, 2.05) is 0 Å². The summed E-state index contributed by atoms with van der Waals surface area (Å²) in [4.78, 5) is 14.2. The third-order valence-electron chi connectivity index (χ3n) is 4.73. The molecule has 86 valence electrons. The second-order valence-corrected chi connectivity index (χ2v) is 5.42. The number of ketones is 1. The Bertz CT molecular complexity index is 247. The molecule has 0 aromatic rings. The van der Waals surface area contributed by atoms with Gasteiger partial charge in [0.15, 0.2) is 0 Å². The second-order valence-electron chi connectivity index (χ2n) is 5.42. The molecule has 2 aliphatic rings. The van der Waals surface area contributed by atoms with Crippen molar-refractivity contribution in [1.82, 2.24) is 4.90 Å². The Hall–Kier alpha value is -0.370. The van der Waals surface area contributed by atoms with E-state index in [-0.39, 0.29) is 5.92 Å². The summed E-state index contributed by atoms with van der Waals surface area (Å²) >= 11 is 0. The maximum absolute atomic E-state index is 11.6. The van der Waals surface area contributed by atoms with Crippen molar-refractivity contribution in [3.05, 3.63) is 0 Å². The van der Waals surface area contributed by atoms with E-state index in [0.29, 0.717) is 17.9 Å². The van der Waals surface area contributed by atoms with Crippen LogP contribution in [0.15, 0.2) is 0 Å². The van der Waals surface area contributed by atoms with Crippen molar-refractivity contribution >= 4 is 5.78 Å². The van der Waals surface area contributed by atoms with E-state index in [0.717, 1.165) is 18.9 Å². The van der Waals surface area contributed by atoms with Gasteiger partial charge >= 0.3 is 0 Å². The zero-order valence-corrected chi connectivity index (χ0v) is 10.2. The average Bonchev–Trinajstić information content (AvgIpc) is 2.11. The van der Waals surface area contributed by atoms with Crippen LogP contribution in [0.1, 0.15) is 46.5 Å². The highest BCUT2D eigenvalue weighted by molar-refractivity contribution is 5.82. The molecular weight excluding hydrogens is 186 g/mol. The molecule has 0 N–H and O–H groups in total. The van der Waals surface area contributed by atoms with Crippen LogP contribution in [-0.4, -0.2) is 29.3 Å². The van der Waals surface area contributed by atoms with Crippen LogP contribution in [0.25, 0.3) is 0 Å². The van der Waals surface area contributed by atoms with Crippen LogP contribution in [0.3, 0.4) is 0 Å². The van der Waals surface area contributed by atoms with Gasteiger partial charge in [-0.25, -0.2) is 0 Å². The van der Waals surface area contributed by atoms with Gasteiger partial charge < -0.3 is 0 Å². The van der Waals surface area contributed by atoms with Gasteiger partial charge in [-0.05, 0) is 32.6 Å². The lowest BCUT2D eigenvalue weighted by molar-refractivity contribution is -0.129. The summed E-state index contributed by atoms with van der Waals surface area (Å²) in [5.74, 6) is 1.59. The normalized spacial score (nSPS) is 36.3. The third kappa shape index (κ3) is 1.96. The van der Waals surface area contributed by atoms with Crippen LogP contribution in [-0.2, 0) is 4.79 Å². The highest BCUT2D eigenvalue weighted by Gasteiger charge is 2.37. The number of Topliss-reactive ketones (excluding diaryl/α,β-unsaturated/α-hetero) is 1. The van der Waals surface area contributed by atoms with Crippen molar-refractivity contribution < 1.29 is 4.79 Å². The highest BCUT2D eigenvalue weighted by atomic mass is 16.1. The Kier molecular flexibility index (Phi) is 3.15. The lowest BCUT2D eigenvalue weighted by Crippen LogP contribution is -2.53. The molecule has 1 heterocycles. The van der Waals surface area contributed by atoms with Crippen molar-refractivity contribution in [3.8, 4) is 0 Å². The van der Waals surface area contributed by atoms with Crippen molar-refractivity contribution in [1.29, 1.82) is 0 Å². The summed E-state index contributed by atoms with van der Waals surface area (Å²) in [5.41, 5.74) is 0. The molecule has 1 saturated heterocycles. The second kappa shape index (κ2) is 4.25. The van der Waals surface area contributed by atoms with Gasteiger partial charge in [-0.1, -0.05) is 13.3 Å². The minimum absolute atomic E-state index is 0.237. The number of nitrogens with zero attached hydrogens (tertiary/aromatic N) is 1. The minimum Gasteiger partial charge on any atom is -0.299 e. The number of hydrogen-bond donors (Lipinski definition) is 0. The molecule has 2 nitrogen and oxygen atoms in total. The fraction of sp³-hybridized carbons (Fsp3) is 0.923. The summed E-state index contributed by atoms with van der Waals surface area (Å²) in [5, 5.41) is 0. The average molecular weight is 209 g/mol. The standard InChI is InChI=1S/C13H23NO/c1-9-10(2)14(8-7-13(9)15)11(3)12-5-4-6-12/h9-12H,4-8H2,1-3H3. The molecule has 3 unspecified atom stereocenters. The summed E-state index contributed by atoms with van der Waals surface area (Å²) < 4.78 is 0. The largest absolute Gasteiger partial charge is 0.299 e. The van der Waals surface area contributed by atoms with Gasteiger partial charge in [0.1, 0.15) is 5.78 Å². The van der Waals surface area contributed by atoms with E-state index in [2.05, 4.69) is 25.7 Å². The number of likely N-dealkylation sites (tertiary alicyclic amines) is 1. The van der Waals surface area contributed by atoms with Crippen molar-refractivity contribution in [2.24, 2.45) is 11.8 Å². The molecule has 3 atom stereocenters. The van der Waals surface area contributed by atoms with E-state index in [4.69, 9.17) is 0 Å². The summed E-state index contributed by atoms with van der Waals surface area (Å²) in [7, 11) is 0. The van der Waals surface area contributed by atoms with Crippen LogP contribution in [0, 0.1) is 11.8 Å². The van der Waals surface area contributed by atoms with Gasteiger partial charge in [0, 0.05) is 31.0 Å². The summed E-state index contributed by atoms with van der Waals surface area (Å²) in [6.45, 7) is 7.65. The van der Waals surface area contributed by atoms with Crippen LogP contribution < -0.4 is 0 Å². The van der Waals surface area contributed by atoms with Gasteiger partial charge in [0.25, 0.3) is 0 Å². The number of hydrogen-bond acceptors (Lipinski definition) is 2. The molecule has 0 spiro atoms. The smallest absolute Gasteiger partial charge is 0.138 e. The quantitative estimate of drug-likeness (QED) is 0.696. The molecule has 0 aromatic carbocycles. The van der Waals surface area contributed by atoms with Crippen LogP contribution in [0.2, 0.25) is 0 Å². The van der Waals surface area contributed by atoms with E-state index >= 15 is 0 Å². The topological polar surface area (TPSA) is 20.3 Å². The monoisotopic (exact) mass is 209 g/mol. The van der Waals surface area contributed by atoms with E-state index in [9.17, 15) is 4.79 Å². The molecule has 1 saturated carbocycles. The van der Waals surface area contributed by atoms with Crippen molar-refractivity contribution in [3.63, 3.8) is 0 Å². The van der Waals surface area contributed by atoms with Crippen LogP contribution in [0.5, 0.6) is 0 Å². The Morgan fingerprint density at radius 3 is 2.53 bits per heavy atom. The van der Waals surface area contributed by atoms with Crippen LogP contribution >= 0.6 is 0 Å². The molecular formula is C13H23NO. The Labute approximate surface area is 93.0 Å². The van der Waals surface area contributed by atoms with Gasteiger partial charge in [-0.15, -0.1) is 0 Å². The SMILES string of the molecule is CC1C(=O)CCN(C(C)C2CCC2)C1C. The summed E-state index contributed by atoms with van der Waals surface area (Å²) in [6.07, 6.45) is 4.97. The number of rotatable bonds is 2. The zero-order valence-electron chi connectivity index (χ0n) is 10.2. The molecule has 0 radical (unpaired) electrons. The van der Waals surface area contributed by atoms with Crippen LogP contribution in [0.4, 0.5) is 0 Å². The molecule has 0 aromatic heterocycles. The maximum Gasteiger partial charge on any atom is 0.138 e. The Balaban J connectivity index is 1.99. The maximum atomic E-state index is 11.6. The number of carbonyl (C=O) groups is 1. The first-order valence-corrected chi connectivity index (χ1v) is 6.39. The van der Waals surface area contributed by atoms with Gasteiger partial charge in [-0.2, -0.15) is 0 Å². The van der Waals surface area contributed by atoms with E-state index in [1.165, 1.54) is 19.3 Å². The first kappa shape index (κ1) is 11.1. The molecule has 2 rings (SSSR count). The first-order valence-electron chi connectivity index (χ1n) is 6.39. The molecule has 2 fully saturated rings.